The molecule has 82 valence electrons. The van der Waals surface area contributed by atoms with Gasteiger partial charge < -0.3 is 19.2 Å². The van der Waals surface area contributed by atoms with Gasteiger partial charge in [0.15, 0.2) is 5.76 Å². The molecule has 4 nitrogen and oxygen atoms in total. The van der Waals surface area contributed by atoms with E-state index in [1.54, 1.807) is 6.26 Å². The molecule has 15 heavy (non-hydrogen) atoms. The Morgan fingerprint density at radius 2 is 2.53 bits per heavy atom. The molecule has 0 aromatic carbocycles. The first-order valence-electron chi connectivity index (χ1n) is 5.32. The summed E-state index contributed by atoms with van der Waals surface area (Å²) in [5, 5.41) is 10.8. The molecule has 1 unspecified atom stereocenters. The van der Waals surface area contributed by atoms with Gasteiger partial charge in [-0.3, -0.25) is 0 Å². The molecule has 0 saturated carbocycles. The molecule has 1 aliphatic rings. The van der Waals surface area contributed by atoms with Gasteiger partial charge in [0.2, 0.25) is 0 Å². The lowest BCUT2D eigenvalue weighted by atomic mass is 9.98. The summed E-state index contributed by atoms with van der Waals surface area (Å²) in [5.41, 5.74) is 0. The molecule has 2 heterocycles. The van der Waals surface area contributed by atoms with Crippen molar-refractivity contribution >= 4 is 5.97 Å². The monoisotopic (exact) mass is 209 g/mol. The molecule has 0 radical (unpaired) electrons. The van der Waals surface area contributed by atoms with Gasteiger partial charge in [-0.15, -0.1) is 0 Å². The minimum absolute atomic E-state index is 0.288. The molecule has 2 rings (SSSR count). The van der Waals surface area contributed by atoms with Crippen LogP contribution >= 0.6 is 0 Å². The number of furan rings is 1. The summed E-state index contributed by atoms with van der Waals surface area (Å²) in [6, 6.07) is 3.78. The number of rotatable bonds is 3. The second-order valence-electron chi connectivity index (χ2n) is 4.12. The van der Waals surface area contributed by atoms with E-state index in [1.165, 1.54) is 4.90 Å². The molecule has 0 bridgehead atoms. The number of piperidine rings is 1. The van der Waals surface area contributed by atoms with E-state index in [2.05, 4.69) is 0 Å². The SMILES string of the molecule is O=C([O-])[C@H]1CCC[NH+](Cc2ccco2)C1. The van der Waals surface area contributed by atoms with E-state index in [4.69, 9.17) is 4.42 Å². The van der Waals surface area contributed by atoms with Crippen molar-refractivity contribution in [1.82, 2.24) is 0 Å². The Kier molecular flexibility index (Phi) is 3.06. The Morgan fingerprint density at radius 3 is 3.20 bits per heavy atom. The third-order valence-corrected chi connectivity index (χ3v) is 2.96. The highest BCUT2D eigenvalue weighted by molar-refractivity contribution is 5.67. The van der Waals surface area contributed by atoms with Crippen LogP contribution in [0.2, 0.25) is 0 Å². The van der Waals surface area contributed by atoms with Gasteiger partial charge in [-0.25, -0.2) is 0 Å². The number of carboxylic acid groups (broad SMARTS) is 1. The van der Waals surface area contributed by atoms with Gasteiger partial charge in [0.1, 0.15) is 6.54 Å². The number of likely N-dealkylation sites (tertiary alicyclic amines) is 1. The summed E-state index contributed by atoms with van der Waals surface area (Å²) < 4.78 is 5.25. The third kappa shape index (κ3) is 2.59. The number of hydrogen-bond donors (Lipinski definition) is 1. The van der Waals surface area contributed by atoms with Crippen molar-refractivity contribution in [3.05, 3.63) is 24.2 Å². The van der Waals surface area contributed by atoms with Gasteiger partial charge in [0.25, 0.3) is 0 Å². The quantitative estimate of drug-likeness (QED) is 0.682. The summed E-state index contributed by atoms with van der Waals surface area (Å²) in [5.74, 6) is -0.278. The topological polar surface area (TPSA) is 57.7 Å². The lowest BCUT2D eigenvalue weighted by molar-refractivity contribution is -0.922. The Hall–Kier alpha value is -1.29. The molecule has 2 atom stereocenters. The minimum Gasteiger partial charge on any atom is -0.550 e. The molecule has 1 saturated heterocycles. The Bertz CT molecular complexity index is 321. The van der Waals surface area contributed by atoms with Crippen molar-refractivity contribution in [1.29, 1.82) is 0 Å². The van der Waals surface area contributed by atoms with E-state index in [1.807, 2.05) is 12.1 Å². The standard InChI is InChI=1S/C11H15NO3/c13-11(14)9-3-1-5-12(7-9)8-10-4-2-6-15-10/h2,4,6,9H,1,3,5,7-8H2,(H,13,14)/t9-/m0/s1. The molecule has 1 N–H and O–H groups in total. The molecule has 4 heteroatoms. The zero-order valence-electron chi connectivity index (χ0n) is 8.57. The van der Waals surface area contributed by atoms with Crippen molar-refractivity contribution < 1.29 is 19.2 Å². The molecule has 0 amide bonds. The van der Waals surface area contributed by atoms with Crippen molar-refractivity contribution in [3.63, 3.8) is 0 Å². The van der Waals surface area contributed by atoms with Gasteiger partial charge in [0, 0.05) is 5.92 Å². The second-order valence-corrected chi connectivity index (χ2v) is 4.12. The summed E-state index contributed by atoms with van der Waals surface area (Å²) in [6.45, 7) is 2.45. The fourth-order valence-corrected chi connectivity index (χ4v) is 2.17. The molecule has 1 fully saturated rings. The summed E-state index contributed by atoms with van der Waals surface area (Å²) >= 11 is 0. The Balaban J connectivity index is 1.90. The summed E-state index contributed by atoms with van der Waals surface area (Å²) in [6.07, 6.45) is 3.35. The molecular weight excluding hydrogens is 194 g/mol. The zero-order valence-corrected chi connectivity index (χ0v) is 8.57. The fraction of sp³-hybridized carbons (Fsp3) is 0.545. The summed E-state index contributed by atoms with van der Waals surface area (Å²) in [4.78, 5) is 12.0. The predicted molar refractivity (Wildman–Crippen MR) is 50.8 cm³/mol. The highest BCUT2D eigenvalue weighted by atomic mass is 16.4. The van der Waals surface area contributed by atoms with Crippen LogP contribution in [-0.2, 0) is 11.3 Å². The highest BCUT2D eigenvalue weighted by Crippen LogP contribution is 2.06. The van der Waals surface area contributed by atoms with Crippen LogP contribution in [0.1, 0.15) is 18.6 Å². The van der Waals surface area contributed by atoms with E-state index < -0.39 is 5.97 Å². The predicted octanol–water partition coefficient (Wildman–Crippen LogP) is -1.18. The number of carbonyl (C=O) groups excluding carboxylic acids is 1. The van der Waals surface area contributed by atoms with Crippen molar-refractivity contribution in [2.24, 2.45) is 5.92 Å². The number of hydrogen-bond acceptors (Lipinski definition) is 3. The molecule has 1 aromatic rings. The van der Waals surface area contributed by atoms with E-state index in [9.17, 15) is 9.90 Å². The van der Waals surface area contributed by atoms with E-state index in [0.29, 0.717) is 6.54 Å². The van der Waals surface area contributed by atoms with E-state index >= 15 is 0 Å². The van der Waals surface area contributed by atoms with Gasteiger partial charge in [0.05, 0.1) is 25.3 Å². The van der Waals surface area contributed by atoms with Gasteiger partial charge in [-0.2, -0.15) is 0 Å². The number of carbonyl (C=O) groups is 1. The lowest BCUT2D eigenvalue weighted by Gasteiger charge is -2.29. The Morgan fingerprint density at radius 1 is 1.67 bits per heavy atom. The zero-order chi connectivity index (χ0) is 10.7. The molecule has 1 aromatic heterocycles. The van der Waals surface area contributed by atoms with Crippen LogP contribution in [0.25, 0.3) is 0 Å². The minimum atomic E-state index is -0.911. The van der Waals surface area contributed by atoms with Gasteiger partial charge in [-0.05, 0) is 25.0 Å². The Labute approximate surface area is 88.5 Å². The maximum Gasteiger partial charge on any atom is 0.157 e. The number of carboxylic acids is 1. The molecule has 0 aliphatic carbocycles. The normalized spacial score (nSPS) is 26.4. The van der Waals surface area contributed by atoms with Crippen LogP contribution in [0, 0.1) is 5.92 Å². The van der Waals surface area contributed by atoms with Crippen molar-refractivity contribution in [2.75, 3.05) is 13.1 Å². The first-order valence-corrected chi connectivity index (χ1v) is 5.32. The van der Waals surface area contributed by atoms with Crippen LogP contribution in [0.5, 0.6) is 0 Å². The molecular formula is C11H15NO3. The number of quaternary nitrogens is 1. The average Bonchev–Trinajstić information content (AvgIpc) is 2.71. The number of aliphatic carboxylic acids is 1. The molecule has 1 aliphatic heterocycles. The molecule has 0 spiro atoms. The second kappa shape index (κ2) is 4.49. The van der Waals surface area contributed by atoms with Crippen LogP contribution in [0.3, 0.4) is 0 Å². The highest BCUT2D eigenvalue weighted by Gasteiger charge is 2.24. The van der Waals surface area contributed by atoms with Crippen molar-refractivity contribution in [2.45, 2.75) is 19.4 Å². The third-order valence-electron chi connectivity index (χ3n) is 2.96. The van der Waals surface area contributed by atoms with Crippen LogP contribution in [0.4, 0.5) is 0 Å². The van der Waals surface area contributed by atoms with Crippen LogP contribution in [-0.4, -0.2) is 19.1 Å². The van der Waals surface area contributed by atoms with Crippen molar-refractivity contribution in [3.8, 4) is 0 Å². The smallest absolute Gasteiger partial charge is 0.157 e. The van der Waals surface area contributed by atoms with Crippen LogP contribution < -0.4 is 10.0 Å². The summed E-state index contributed by atoms with van der Waals surface area (Å²) in [7, 11) is 0. The average molecular weight is 209 g/mol. The maximum absolute atomic E-state index is 10.8. The van der Waals surface area contributed by atoms with Crippen LogP contribution in [0.15, 0.2) is 22.8 Å². The van der Waals surface area contributed by atoms with Gasteiger partial charge in [-0.1, -0.05) is 0 Å². The van der Waals surface area contributed by atoms with E-state index in [-0.39, 0.29) is 5.92 Å². The van der Waals surface area contributed by atoms with Gasteiger partial charge >= 0.3 is 0 Å². The fourth-order valence-electron chi connectivity index (χ4n) is 2.17. The van der Waals surface area contributed by atoms with E-state index in [0.717, 1.165) is 31.7 Å². The number of nitrogens with one attached hydrogen (secondary N) is 1. The lowest BCUT2D eigenvalue weighted by Crippen LogP contribution is -3.12. The first-order chi connectivity index (χ1) is 7.25. The first kappa shape index (κ1) is 10.2. The largest absolute Gasteiger partial charge is 0.550 e. The maximum atomic E-state index is 10.8.